The van der Waals surface area contributed by atoms with Gasteiger partial charge in [0.15, 0.2) is 0 Å². The molecule has 4 aromatic rings. The van der Waals surface area contributed by atoms with Crippen LogP contribution in [0.5, 0.6) is 0 Å². The predicted molar refractivity (Wildman–Crippen MR) is 149 cm³/mol. The van der Waals surface area contributed by atoms with Crippen molar-refractivity contribution in [2.75, 3.05) is 5.73 Å². The fraction of sp³-hybridized carbons (Fsp3) is 0.226. The van der Waals surface area contributed by atoms with E-state index < -0.39 is 9.04 Å². The van der Waals surface area contributed by atoms with Gasteiger partial charge in [-0.3, -0.25) is 0 Å². The monoisotopic (exact) mass is 465 g/mol. The van der Waals surface area contributed by atoms with Gasteiger partial charge in [-0.05, 0) is 75.1 Å². The van der Waals surface area contributed by atoms with Crippen LogP contribution in [0.25, 0.3) is 11.1 Å². The maximum Gasteiger partial charge on any atom is 0.240 e. The van der Waals surface area contributed by atoms with Gasteiger partial charge in [-0.1, -0.05) is 99.6 Å². The molecule has 0 radical (unpaired) electrons. The number of nitrogens with two attached hydrogens (primary N) is 1. The standard InChI is InChI=1S/C31H35NOSi/c1-22-19-25(21-33-34(27-15-8-6-9-16-27)28-17-10-7-11-18-28)29(23(2)30(22)31(3,4)5)24-13-12-14-26(32)20-24/h6-20,34H,21,32H2,1-5H3. The summed E-state index contributed by atoms with van der Waals surface area (Å²) in [6.07, 6.45) is 0. The highest BCUT2D eigenvalue weighted by atomic mass is 28.3. The van der Waals surface area contributed by atoms with Crippen molar-refractivity contribution in [3.8, 4) is 11.1 Å². The van der Waals surface area contributed by atoms with E-state index in [2.05, 4.69) is 113 Å². The minimum Gasteiger partial charge on any atom is -0.407 e. The largest absolute Gasteiger partial charge is 0.407 e. The van der Waals surface area contributed by atoms with Gasteiger partial charge in [-0.15, -0.1) is 0 Å². The third kappa shape index (κ3) is 5.16. The van der Waals surface area contributed by atoms with E-state index in [4.69, 9.17) is 10.2 Å². The molecule has 0 saturated heterocycles. The van der Waals surface area contributed by atoms with Crippen LogP contribution in [-0.4, -0.2) is 9.04 Å². The Labute approximate surface area is 206 Å². The molecule has 0 bridgehead atoms. The van der Waals surface area contributed by atoms with E-state index in [1.807, 2.05) is 12.1 Å². The molecule has 2 N–H and O–H groups in total. The third-order valence-corrected chi connectivity index (χ3v) is 8.87. The van der Waals surface area contributed by atoms with Crippen molar-refractivity contribution in [3.05, 3.63) is 113 Å². The number of hydrogen-bond acceptors (Lipinski definition) is 2. The highest BCUT2D eigenvalue weighted by Gasteiger charge is 2.25. The Morgan fingerprint density at radius 3 is 1.88 bits per heavy atom. The normalized spacial score (nSPS) is 11.7. The molecule has 0 heterocycles. The lowest BCUT2D eigenvalue weighted by atomic mass is 9.77. The molecular formula is C31H35NOSi. The van der Waals surface area contributed by atoms with E-state index in [0.29, 0.717) is 6.61 Å². The zero-order valence-electron chi connectivity index (χ0n) is 20.9. The smallest absolute Gasteiger partial charge is 0.240 e. The highest BCUT2D eigenvalue weighted by Crippen LogP contribution is 2.38. The van der Waals surface area contributed by atoms with Gasteiger partial charge in [0.25, 0.3) is 0 Å². The number of aryl methyl sites for hydroxylation is 1. The quantitative estimate of drug-likeness (QED) is 0.284. The molecule has 4 rings (SSSR count). The first-order chi connectivity index (χ1) is 16.3. The van der Waals surface area contributed by atoms with Crippen molar-refractivity contribution in [2.24, 2.45) is 0 Å². The van der Waals surface area contributed by atoms with E-state index >= 15 is 0 Å². The van der Waals surface area contributed by atoms with Gasteiger partial charge in [0, 0.05) is 5.69 Å². The maximum atomic E-state index is 6.84. The van der Waals surface area contributed by atoms with Gasteiger partial charge in [0.2, 0.25) is 9.04 Å². The van der Waals surface area contributed by atoms with Crippen LogP contribution < -0.4 is 16.1 Å². The molecular weight excluding hydrogens is 430 g/mol. The second-order valence-corrected chi connectivity index (χ2v) is 12.5. The number of anilines is 1. The van der Waals surface area contributed by atoms with Crippen LogP contribution in [0.3, 0.4) is 0 Å². The number of benzene rings is 4. The molecule has 34 heavy (non-hydrogen) atoms. The van der Waals surface area contributed by atoms with Gasteiger partial charge < -0.3 is 10.2 Å². The summed E-state index contributed by atoms with van der Waals surface area (Å²) in [5.41, 5.74) is 14.7. The molecule has 0 aromatic heterocycles. The molecule has 0 amide bonds. The zero-order valence-corrected chi connectivity index (χ0v) is 22.1. The fourth-order valence-electron chi connectivity index (χ4n) is 5.24. The first-order valence-electron chi connectivity index (χ1n) is 12.0. The Kier molecular flexibility index (Phi) is 7.06. The van der Waals surface area contributed by atoms with E-state index in [1.54, 1.807) is 0 Å². The van der Waals surface area contributed by atoms with Gasteiger partial charge in [-0.2, -0.15) is 0 Å². The molecule has 0 atom stereocenters. The molecule has 3 heteroatoms. The lowest BCUT2D eigenvalue weighted by Crippen LogP contribution is -2.44. The minimum absolute atomic E-state index is 0.0496. The van der Waals surface area contributed by atoms with Crippen LogP contribution in [-0.2, 0) is 16.4 Å². The molecule has 0 aliphatic carbocycles. The summed E-state index contributed by atoms with van der Waals surface area (Å²) < 4.78 is 6.84. The SMILES string of the molecule is Cc1cc(CO[SiH](c2ccccc2)c2ccccc2)c(-c2cccc(N)c2)c(C)c1C(C)(C)C. The first kappa shape index (κ1) is 24.0. The number of nitrogen functional groups attached to an aromatic ring is 1. The van der Waals surface area contributed by atoms with Crippen molar-refractivity contribution in [1.29, 1.82) is 0 Å². The maximum absolute atomic E-state index is 6.84. The molecule has 0 saturated carbocycles. The van der Waals surface area contributed by atoms with E-state index in [9.17, 15) is 0 Å². The van der Waals surface area contributed by atoms with E-state index in [0.717, 1.165) is 11.3 Å². The van der Waals surface area contributed by atoms with Crippen molar-refractivity contribution in [3.63, 3.8) is 0 Å². The van der Waals surface area contributed by atoms with Gasteiger partial charge in [0.1, 0.15) is 0 Å². The van der Waals surface area contributed by atoms with E-state index in [-0.39, 0.29) is 5.41 Å². The molecule has 0 spiro atoms. The Morgan fingerprint density at radius 1 is 0.765 bits per heavy atom. The Balaban J connectivity index is 1.80. The van der Waals surface area contributed by atoms with Gasteiger partial charge >= 0.3 is 0 Å². The van der Waals surface area contributed by atoms with Crippen molar-refractivity contribution in [1.82, 2.24) is 0 Å². The Morgan fingerprint density at radius 2 is 1.35 bits per heavy atom. The molecule has 4 aromatic carbocycles. The first-order valence-corrected chi connectivity index (χ1v) is 13.6. The number of rotatable bonds is 6. The third-order valence-electron chi connectivity index (χ3n) is 6.39. The minimum atomic E-state index is -1.85. The summed E-state index contributed by atoms with van der Waals surface area (Å²) in [6, 6.07) is 31.9. The molecule has 174 valence electrons. The highest BCUT2D eigenvalue weighted by molar-refractivity contribution is 6.80. The Hall–Kier alpha value is -3.14. The average Bonchev–Trinajstić information content (AvgIpc) is 2.79. The lowest BCUT2D eigenvalue weighted by Gasteiger charge is -2.28. The van der Waals surface area contributed by atoms with Crippen LogP contribution in [0, 0.1) is 13.8 Å². The van der Waals surface area contributed by atoms with Crippen molar-refractivity contribution in [2.45, 2.75) is 46.6 Å². The summed E-state index contributed by atoms with van der Waals surface area (Å²) in [7, 11) is -1.85. The molecule has 0 fully saturated rings. The van der Waals surface area contributed by atoms with Crippen molar-refractivity contribution < 1.29 is 4.43 Å². The predicted octanol–water partition coefficient (Wildman–Crippen LogP) is 5.90. The summed E-state index contributed by atoms with van der Waals surface area (Å²) in [6.45, 7) is 11.9. The molecule has 0 unspecified atom stereocenters. The second kappa shape index (κ2) is 10.0. The summed E-state index contributed by atoms with van der Waals surface area (Å²) >= 11 is 0. The van der Waals surface area contributed by atoms with Crippen LogP contribution >= 0.6 is 0 Å². The van der Waals surface area contributed by atoms with Crippen LogP contribution in [0.15, 0.2) is 91.0 Å². The second-order valence-electron chi connectivity index (χ2n) is 10.1. The van der Waals surface area contributed by atoms with Gasteiger partial charge in [0.05, 0.1) is 6.61 Å². The Bertz CT molecular complexity index is 1220. The fourth-order valence-corrected chi connectivity index (χ4v) is 7.50. The van der Waals surface area contributed by atoms with Crippen LogP contribution in [0.2, 0.25) is 0 Å². The average molecular weight is 466 g/mol. The summed E-state index contributed by atoms with van der Waals surface area (Å²) in [4.78, 5) is 0. The lowest BCUT2D eigenvalue weighted by molar-refractivity contribution is 0.322. The van der Waals surface area contributed by atoms with Gasteiger partial charge in [-0.25, -0.2) is 0 Å². The molecule has 2 nitrogen and oxygen atoms in total. The van der Waals surface area contributed by atoms with Crippen LogP contribution in [0.4, 0.5) is 5.69 Å². The topological polar surface area (TPSA) is 35.2 Å². The molecule has 0 aliphatic rings. The van der Waals surface area contributed by atoms with Crippen LogP contribution in [0.1, 0.15) is 43.0 Å². The van der Waals surface area contributed by atoms with Crippen molar-refractivity contribution >= 4 is 25.1 Å². The summed E-state index contributed by atoms with van der Waals surface area (Å²) in [5.74, 6) is 0. The summed E-state index contributed by atoms with van der Waals surface area (Å²) in [5, 5.41) is 2.58. The zero-order chi connectivity index (χ0) is 24.3. The molecule has 0 aliphatic heterocycles. The van der Waals surface area contributed by atoms with E-state index in [1.165, 1.54) is 38.2 Å². The number of hydrogen-bond donors (Lipinski definition) is 1.